The Kier molecular flexibility index (Phi) is 6.04. The fraction of sp³-hybridized carbons (Fsp3) is 0.0526. The molecule has 2 aromatic rings. The smallest absolute Gasteiger partial charge is 0.264 e. The zero-order valence-corrected chi connectivity index (χ0v) is 15.9. The molecule has 1 fully saturated rings. The second kappa shape index (κ2) is 8.45. The van der Waals surface area contributed by atoms with Crippen LogP contribution in [0.25, 0.3) is 6.08 Å². The summed E-state index contributed by atoms with van der Waals surface area (Å²) in [6, 6.07) is 12.6. The summed E-state index contributed by atoms with van der Waals surface area (Å²) in [4.78, 5) is 17.1. The maximum absolute atomic E-state index is 12.2. The average Bonchev–Trinajstić information content (AvgIpc) is 2.97. The number of carbonyl (C=O) groups is 1. The third-order valence-electron chi connectivity index (χ3n) is 3.35. The lowest BCUT2D eigenvalue weighted by Gasteiger charge is -2.03. The molecule has 0 unspecified atom stereocenters. The van der Waals surface area contributed by atoms with Gasteiger partial charge in [0.2, 0.25) is 0 Å². The van der Waals surface area contributed by atoms with Crippen LogP contribution in [0, 0.1) is 0 Å². The Morgan fingerprint density at radius 2 is 1.96 bits per heavy atom. The molecule has 3 rings (SSSR count). The van der Waals surface area contributed by atoms with Crippen LogP contribution in [0.4, 0.5) is 5.69 Å². The minimum atomic E-state index is -0.209. The summed E-state index contributed by atoms with van der Waals surface area (Å²) >= 11 is 13.4. The summed E-state index contributed by atoms with van der Waals surface area (Å²) < 4.78 is 5.44. The minimum Gasteiger partial charge on any atom is -0.490 e. The van der Waals surface area contributed by atoms with Crippen LogP contribution in [0.2, 0.25) is 10.0 Å². The van der Waals surface area contributed by atoms with Gasteiger partial charge < -0.3 is 10.1 Å². The highest BCUT2D eigenvalue weighted by atomic mass is 35.5. The number of rotatable bonds is 5. The van der Waals surface area contributed by atoms with Crippen molar-refractivity contribution in [2.75, 3.05) is 6.61 Å². The molecule has 0 radical (unpaired) electrons. The minimum absolute atomic E-state index is 0.209. The van der Waals surface area contributed by atoms with Gasteiger partial charge in [-0.05, 0) is 47.7 Å². The van der Waals surface area contributed by atoms with E-state index in [9.17, 15) is 4.79 Å². The van der Waals surface area contributed by atoms with E-state index in [4.69, 9.17) is 27.9 Å². The Morgan fingerprint density at radius 3 is 2.69 bits per heavy atom. The van der Waals surface area contributed by atoms with Crippen molar-refractivity contribution >= 4 is 57.8 Å². The maximum atomic E-state index is 12.2. The molecule has 2 aromatic carbocycles. The topological polar surface area (TPSA) is 50.7 Å². The zero-order valence-electron chi connectivity index (χ0n) is 13.5. The number of benzene rings is 2. The molecule has 0 aromatic heterocycles. The number of amidine groups is 1. The van der Waals surface area contributed by atoms with Gasteiger partial charge in [0.25, 0.3) is 5.91 Å². The van der Waals surface area contributed by atoms with Crippen LogP contribution in [0.3, 0.4) is 0 Å². The fourth-order valence-corrected chi connectivity index (χ4v) is 3.31. The first-order chi connectivity index (χ1) is 12.6. The van der Waals surface area contributed by atoms with Crippen LogP contribution in [0.1, 0.15) is 5.56 Å². The molecule has 1 aliphatic heterocycles. The maximum Gasteiger partial charge on any atom is 0.264 e. The number of ether oxygens (including phenoxy) is 1. The first kappa shape index (κ1) is 18.6. The molecule has 0 atom stereocenters. The predicted octanol–water partition coefficient (Wildman–Crippen LogP) is 5.45. The van der Waals surface area contributed by atoms with Gasteiger partial charge in [-0.2, -0.15) is 0 Å². The van der Waals surface area contributed by atoms with E-state index in [0.717, 1.165) is 11.3 Å². The van der Waals surface area contributed by atoms with Crippen LogP contribution in [0.15, 0.2) is 65.0 Å². The largest absolute Gasteiger partial charge is 0.490 e. The number of carbonyl (C=O) groups excluding carboxylic acids is 1. The molecule has 4 nitrogen and oxygen atoms in total. The van der Waals surface area contributed by atoms with Gasteiger partial charge in [-0.15, -0.1) is 0 Å². The van der Waals surface area contributed by atoms with E-state index in [-0.39, 0.29) is 5.91 Å². The molecule has 1 heterocycles. The number of aliphatic imine (C=N–C) groups is 1. The zero-order chi connectivity index (χ0) is 18.5. The molecule has 0 saturated carbocycles. The summed E-state index contributed by atoms with van der Waals surface area (Å²) in [6.45, 7) is 4.06. The van der Waals surface area contributed by atoms with Crippen molar-refractivity contribution in [1.29, 1.82) is 0 Å². The number of nitrogens with zero attached hydrogens (tertiary/aromatic N) is 1. The third kappa shape index (κ3) is 4.49. The van der Waals surface area contributed by atoms with Gasteiger partial charge >= 0.3 is 0 Å². The van der Waals surface area contributed by atoms with Crippen molar-refractivity contribution < 1.29 is 9.53 Å². The summed E-state index contributed by atoms with van der Waals surface area (Å²) in [6.07, 6.45) is 3.47. The Morgan fingerprint density at radius 1 is 1.19 bits per heavy atom. The van der Waals surface area contributed by atoms with Gasteiger partial charge in [-0.25, -0.2) is 4.99 Å². The Balaban J connectivity index is 1.77. The normalized spacial score (nSPS) is 16.8. The monoisotopic (exact) mass is 404 g/mol. The van der Waals surface area contributed by atoms with E-state index in [1.807, 2.05) is 24.3 Å². The lowest BCUT2D eigenvalue weighted by atomic mass is 10.2. The van der Waals surface area contributed by atoms with Crippen LogP contribution >= 0.6 is 35.0 Å². The molecule has 1 saturated heterocycles. The van der Waals surface area contributed by atoms with Crippen molar-refractivity contribution in [2.45, 2.75) is 0 Å². The van der Waals surface area contributed by atoms with Gasteiger partial charge in [-0.3, -0.25) is 4.79 Å². The predicted molar refractivity (Wildman–Crippen MR) is 109 cm³/mol. The highest BCUT2D eigenvalue weighted by molar-refractivity contribution is 8.18. The van der Waals surface area contributed by atoms with E-state index < -0.39 is 0 Å². The molecule has 0 aliphatic carbocycles. The second-order valence-electron chi connectivity index (χ2n) is 5.22. The van der Waals surface area contributed by atoms with Crippen LogP contribution in [0.5, 0.6) is 5.75 Å². The summed E-state index contributed by atoms with van der Waals surface area (Å²) in [5, 5.41) is 3.95. The molecular weight excluding hydrogens is 391 g/mol. The molecule has 1 amide bonds. The first-order valence-corrected chi connectivity index (χ1v) is 9.21. The van der Waals surface area contributed by atoms with Crippen molar-refractivity contribution in [2.24, 2.45) is 4.99 Å². The molecule has 0 bridgehead atoms. The average molecular weight is 405 g/mol. The van der Waals surface area contributed by atoms with Gasteiger partial charge in [0.15, 0.2) is 5.17 Å². The molecule has 26 heavy (non-hydrogen) atoms. The lowest BCUT2D eigenvalue weighted by Crippen LogP contribution is -2.19. The summed E-state index contributed by atoms with van der Waals surface area (Å²) in [7, 11) is 0. The van der Waals surface area contributed by atoms with Crippen LogP contribution in [-0.4, -0.2) is 17.7 Å². The van der Waals surface area contributed by atoms with E-state index >= 15 is 0 Å². The van der Waals surface area contributed by atoms with Gasteiger partial charge in [0.1, 0.15) is 12.4 Å². The van der Waals surface area contributed by atoms with E-state index in [2.05, 4.69) is 16.9 Å². The first-order valence-electron chi connectivity index (χ1n) is 7.64. The molecule has 7 heteroatoms. The number of hydrogen-bond donors (Lipinski definition) is 1. The fourth-order valence-electron chi connectivity index (χ4n) is 2.14. The van der Waals surface area contributed by atoms with Crippen LogP contribution in [-0.2, 0) is 4.79 Å². The molecule has 0 spiro atoms. The van der Waals surface area contributed by atoms with Crippen molar-refractivity contribution in [3.8, 4) is 5.75 Å². The highest BCUT2D eigenvalue weighted by Crippen LogP contribution is 2.34. The highest BCUT2D eigenvalue weighted by Gasteiger charge is 2.24. The van der Waals surface area contributed by atoms with Crippen molar-refractivity contribution in [1.82, 2.24) is 5.32 Å². The number of hydrogen-bond acceptors (Lipinski definition) is 4. The van der Waals surface area contributed by atoms with Gasteiger partial charge in [-0.1, -0.05) is 54.1 Å². The number of thioether (sulfide) groups is 1. The van der Waals surface area contributed by atoms with Crippen molar-refractivity contribution in [3.05, 3.63) is 75.6 Å². The second-order valence-corrected chi connectivity index (χ2v) is 7.04. The number of halogens is 2. The number of nitrogens with one attached hydrogen (secondary N) is 1. The summed E-state index contributed by atoms with van der Waals surface area (Å²) in [5.41, 5.74) is 1.39. The van der Waals surface area contributed by atoms with E-state index in [1.165, 1.54) is 11.8 Å². The number of amides is 1. The van der Waals surface area contributed by atoms with Crippen molar-refractivity contribution in [3.63, 3.8) is 0 Å². The Labute approximate surface area is 165 Å². The standard InChI is InChI=1S/C19H14Cl2N2O2S/c1-2-10-25-13-8-6-12(7-9-13)11-16-18(24)23-19(26-16)22-15-5-3-4-14(20)17(15)21/h2-9,11H,1,10H2,(H,22,23,24). The Bertz CT molecular complexity index is 908. The van der Waals surface area contributed by atoms with Gasteiger partial charge in [0, 0.05) is 0 Å². The third-order valence-corrected chi connectivity index (χ3v) is 5.07. The molecule has 1 aliphatic rings. The van der Waals surface area contributed by atoms with E-state index in [1.54, 1.807) is 30.4 Å². The summed E-state index contributed by atoms with van der Waals surface area (Å²) in [5.74, 6) is 0.535. The lowest BCUT2D eigenvalue weighted by molar-refractivity contribution is -0.115. The van der Waals surface area contributed by atoms with E-state index in [0.29, 0.717) is 32.4 Å². The van der Waals surface area contributed by atoms with Gasteiger partial charge in [0.05, 0.1) is 20.6 Å². The molecular formula is C19H14Cl2N2O2S. The SMILES string of the molecule is C=CCOc1ccc(C=C2SC(=Nc3cccc(Cl)c3Cl)NC2=O)cc1. The Hall–Kier alpha value is -2.21. The molecule has 132 valence electrons. The quantitative estimate of drug-likeness (QED) is 0.532. The van der Waals surface area contributed by atoms with Crippen LogP contribution < -0.4 is 10.1 Å². The molecule has 1 N–H and O–H groups in total.